The fourth-order valence-electron chi connectivity index (χ4n) is 7.67. The number of aliphatic hydroxyl groups excluding tert-OH is 1. The van der Waals surface area contributed by atoms with Crippen molar-refractivity contribution in [3.05, 3.63) is 111 Å². The topological polar surface area (TPSA) is 244 Å². The van der Waals surface area contributed by atoms with Gasteiger partial charge in [-0.15, -0.1) is 0 Å². The maximum atomic E-state index is 14.9. The van der Waals surface area contributed by atoms with Gasteiger partial charge in [-0.25, -0.2) is 23.2 Å². The second-order valence-corrected chi connectivity index (χ2v) is 19.2. The van der Waals surface area contributed by atoms with Gasteiger partial charge in [-0.2, -0.15) is 13.2 Å². The number of hydrogen-bond acceptors (Lipinski definition) is 11. The summed E-state index contributed by atoms with van der Waals surface area (Å²) in [5.74, 6) is -3.60. The second kappa shape index (κ2) is 20.1. The third-order valence-electron chi connectivity index (χ3n) is 11.1. The molecule has 0 spiro atoms. The van der Waals surface area contributed by atoms with E-state index in [1.54, 1.807) is 58.9 Å². The maximum absolute atomic E-state index is 14.9. The summed E-state index contributed by atoms with van der Waals surface area (Å²) in [5.41, 5.74) is 9.84. The number of benzene rings is 3. The van der Waals surface area contributed by atoms with E-state index in [-0.39, 0.29) is 74.2 Å². The maximum Gasteiger partial charge on any atom is 0.416 e. The van der Waals surface area contributed by atoms with Crippen LogP contribution in [0.1, 0.15) is 92.4 Å². The number of alkyl carbamates (subject to hydrolysis) is 1. The zero-order valence-corrected chi connectivity index (χ0v) is 37.6. The van der Waals surface area contributed by atoms with Gasteiger partial charge in [0.15, 0.2) is 6.10 Å². The van der Waals surface area contributed by atoms with E-state index in [1.807, 2.05) is 0 Å². The molecule has 5 rings (SSSR count). The number of sulfone groups is 1. The summed E-state index contributed by atoms with van der Waals surface area (Å²) < 4.78 is 74.9. The van der Waals surface area contributed by atoms with Gasteiger partial charge < -0.3 is 37.3 Å². The van der Waals surface area contributed by atoms with Crippen LogP contribution in [-0.2, 0) is 48.1 Å². The van der Waals surface area contributed by atoms with Crippen molar-refractivity contribution in [2.45, 2.75) is 120 Å². The second-order valence-electron chi connectivity index (χ2n) is 17.2. The van der Waals surface area contributed by atoms with Crippen molar-refractivity contribution in [1.29, 1.82) is 0 Å². The molecular weight excluding hydrogens is 872 g/mol. The number of nitrogens with one attached hydrogen (secondary N) is 3. The molecule has 0 saturated carbocycles. The van der Waals surface area contributed by atoms with Crippen molar-refractivity contribution in [3.63, 3.8) is 0 Å². The van der Waals surface area contributed by atoms with E-state index >= 15 is 0 Å². The minimum absolute atomic E-state index is 0.0371. The number of nitrogens with two attached hydrogens (primary N) is 2. The SMILES string of the molecule is CCC1C(S(=O)(=O)c2ccc(C)cc2)=C(C(=O)N[C@@H](CCCCNC(=O)OC(C)(C)C)C(O)C(=O)NCc2ccc(C(N)=O)cc2)N2C(=O)C(N)(Cc3ccc(C(F)(F)F)cc3)CCN12. The summed E-state index contributed by atoms with van der Waals surface area (Å²) >= 11 is 0. The summed E-state index contributed by atoms with van der Waals surface area (Å²) in [6.07, 6.45) is -7.03. The molecule has 16 nitrogen and oxygen atoms in total. The Balaban J connectivity index is 1.51. The van der Waals surface area contributed by atoms with Gasteiger partial charge in [-0.1, -0.05) is 48.9 Å². The number of rotatable bonds is 17. The van der Waals surface area contributed by atoms with Gasteiger partial charge in [-0.3, -0.25) is 19.2 Å². The highest BCUT2D eigenvalue weighted by Crippen LogP contribution is 2.42. The molecule has 0 aliphatic carbocycles. The lowest BCUT2D eigenvalue weighted by Gasteiger charge is -2.45. The van der Waals surface area contributed by atoms with Gasteiger partial charge in [0.1, 0.15) is 16.8 Å². The Morgan fingerprint density at radius 2 is 1.55 bits per heavy atom. The first-order valence-corrected chi connectivity index (χ1v) is 22.6. The Kier molecular flexibility index (Phi) is 15.5. The number of hydrogen-bond donors (Lipinski definition) is 6. The van der Waals surface area contributed by atoms with Crippen LogP contribution in [0.5, 0.6) is 0 Å². The van der Waals surface area contributed by atoms with Crippen molar-refractivity contribution >= 4 is 39.6 Å². The van der Waals surface area contributed by atoms with E-state index in [4.69, 9.17) is 16.2 Å². The molecule has 8 N–H and O–H groups in total. The standard InChI is InChI=1S/C45H56F3N7O9S/c1-6-34-37(65(62,63)32-20-10-27(2)11-21-32)35(55-41(60)44(50,22-24-54(34)55)25-28-14-18-31(19-15-28)45(46,47)48)39(58)53-33(9-7-8-23-51-42(61)64-43(3,4)5)36(56)40(59)52-26-29-12-16-30(17-13-29)38(49)57/h10-21,33-34,36,56H,6-9,22-26,50H2,1-5H3,(H2,49,57)(H,51,61)(H,52,59)(H,53,58)/t33-,34?,36?,44?/m0/s1. The summed E-state index contributed by atoms with van der Waals surface area (Å²) in [4.78, 5) is 66.5. The van der Waals surface area contributed by atoms with E-state index in [1.165, 1.54) is 41.4 Å². The van der Waals surface area contributed by atoms with Gasteiger partial charge in [0.25, 0.3) is 17.7 Å². The number of fused-ring (bicyclic) bond motifs is 1. The fraction of sp³-hybridized carbons (Fsp3) is 0.444. The Morgan fingerprint density at radius 3 is 2.12 bits per heavy atom. The highest BCUT2D eigenvalue weighted by atomic mass is 32.2. The molecule has 1 fully saturated rings. The quantitative estimate of drug-likeness (QED) is 0.105. The zero-order valence-electron chi connectivity index (χ0n) is 36.8. The lowest BCUT2D eigenvalue weighted by atomic mass is 9.85. The van der Waals surface area contributed by atoms with E-state index in [0.29, 0.717) is 5.56 Å². The van der Waals surface area contributed by atoms with Gasteiger partial charge in [0.2, 0.25) is 15.7 Å². The van der Waals surface area contributed by atoms with Crippen molar-refractivity contribution in [3.8, 4) is 0 Å². The van der Waals surface area contributed by atoms with Crippen LogP contribution in [0.4, 0.5) is 18.0 Å². The third kappa shape index (κ3) is 12.1. The first-order valence-electron chi connectivity index (χ1n) is 21.1. The fourth-order valence-corrected chi connectivity index (χ4v) is 9.50. The summed E-state index contributed by atoms with van der Waals surface area (Å²) in [6.45, 7) is 8.52. The molecule has 2 heterocycles. The predicted octanol–water partition coefficient (Wildman–Crippen LogP) is 4.14. The predicted molar refractivity (Wildman–Crippen MR) is 233 cm³/mol. The minimum Gasteiger partial charge on any atom is -0.444 e. The first-order chi connectivity index (χ1) is 30.4. The number of aryl methyl sites for hydroxylation is 1. The number of aliphatic hydroxyl groups is 1. The molecule has 20 heteroatoms. The van der Waals surface area contributed by atoms with Crippen molar-refractivity contribution < 1.29 is 55.4 Å². The molecule has 0 aromatic heterocycles. The van der Waals surface area contributed by atoms with Gasteiger partial charge in [-0.05, 0) is 114 Å². The zero-order chi connectivity index (χ0) is 48.1. The molecule has 5 amide bonds. The van der Waals surface area contributed by atoms with Gasteiger partial charge >= 0.3 is 12.3 Å². The highest BCUT2D eigenvalue weighted by Gasteiger charge is 2.56. The number of primary amides is 1. The molecule has 352 valence electrons. The summed E-state index contributed by atoms with van der Waals surface area (Å²) in [6, 6.07) is 13.6. The number of nitrogens with zero attached hydrogens (tertiary/aromatic N) is 2. The number of alkyl halides is 3. The van der Waals surface area contributed by atoms with Crippen LogP contribution in [0.2, 0.25) is 0 Å². The Morgan fingerprint density at radius 1 is 0.938 bits per heavy atom. The largest absolute Gasteiger partial charge is 0.444 e. The van der Waals surface area contributed by atoms with Crippen molar-refractivity contribution in [1.82, 2.24) is 26.0 Å². The van der Waals surface area contributed by atoms with E-state index in [9.17, 15) is 50.7 Å². The van der Waals surface area contributed by atoms with E-state index in [0.717, 1.165) is 22.7 Å². The average Bonchev–Trinajstić information content (AvgIpc) is 3.59. The Labute approximate surface area is 375 Å². The molecular formula is C45H56F3N7O9S. The number of amides is 5. The summed E-state index contributed by atoms with van der Waals surface area (Å²) in [7, 11) is -4.56. The number of halogens is 3. The van der Waals surface area contributed by atoms with Crippen LogP contribution in [0.3, 0.4) is 0 Å². The number of carbonyl (C=O) groups is 5. The highest BCUT2D eigenvalue weighted by molar-refractivity contribution is 7.95. The van der Waals surface area contributed by atoms with Gasteiger partial charge in [0, 0.05) is 25.2 Å². The van der Waals surface area contributed by atoms with Crippen LogP contribution in [-0.4, -0.2) is 95.7 Å². The van der Waals surface area contributed by atoms with Crippen LogP contribution in [0.15, 0.2) is 88.3 Å². The summed E-state index contributed by atoms with van der Waals surface area (Å²) in [5, 5.41) is 21.8. The normalized spacial score (nSPS) is 19.0. The average molecular weight is 928 g/mol. The number of carbonyl (C=O) groups excluding carboxylic acids is 5. The molecule has 0 radical (unpaired) electrons. The molecule has 3 aromatic rings. The molecule has 0 bridgehead atoms. The van der Waals surface area contributed by atoms with Crippen molar-refractivity contribution in [2.24, 2.45) is 11.5 Å². The minimum atomic E-state index is -4.61. The van der Waals surface area contributed by atoms with E-state index < -0.39 is 91.2 Å². The molecule has 4 atom stereocenters. The lowest BCUT2D eigenvalue weighted by molar-refractivity contribution is -0.160. The number of ether oxygens (including phenoxy) is 1. The molecule has 2 aliphatic rings. The molecule has 3 unspecified atom stereocenters. The first kappa shape index (κ1) is 50.2. The van der Waals surface area contributed by atoms with Crippen LogP contribution >= 0.6 is 0 Å². The molecule has 2 aliphatic heterocycles. The molecule has 1 saturated heterocycles. The number of hydrazine groups is 1. The number of unbranched alkanes of at least 4 members (excludes halogenated alkanes) is 1. The van der Waals surface area contributed by atoms with E-state index in [2.05, 4.69) is 16.0 Å². The Bertz CT molecular complexity index is 2390. The lowest BCUT2D eigenvalue weighted by Crippen LogP contribution is -2.66. The van der Waals surface area contributed by atoms with Crippen molar-refractivity contribution in [2.75, 3.05) is 13.1 Å². The Hall–Kier alpha value is -5.83. The monoisotopic (exact) mass is 927 g/mol. The molecule has 3 aromatic carbocycles. The smallest absolute Gasteiger partial charge is 0.416 e. The van der Waals surface area contributed by atoms with Crippen LogP contribution < -0.4 is 27.4 Å². The molecule has 65 heavy (non-hydrogen) atoms. The van der Waals surface area contributed by atoms with Crippen LogP contribution in [0, 0.1) is 6.92 Å². The van der Waals surface area contributed by atoms with Crippen LogP contribution in [0.25, 0.3) is 0 Å². The van der Waals surface area contributed by atoms with Gasteiger partial charge in [0.05, 0.1) is 27.4 Å². The third-order valence-corrected chi connectivity index (χ3v) is 13.0.